The Hall–Kier alpha value is -2.93. The normalized spacial score (nSPS) is 10.9. The SMILES string of the molecule is CCCCCCOc1ccccc1C(=O)NC(=S)Nc1ccc(C(=O)NC(C)(C)C)cc1. The molecule has 6 nitrogen and oxygen atoms in total. The lowest BCUT2D eigenvalue weighted by atomic mass is 10.1. The molecule has 0 fully saturated rings. The Kier molecular flexibility index (Phi) is 9.65. The molecule has 0 aliphatic carbocycles. The predicted octanol–water partition coefficient (Wildman–Crippen LogP) is 5.30. The summed E-state index contributed by atoms with van der Waals surface area (Å²) in [6.07, 6.45) is 4.40. The Bertz CT molecular complexity index is 921. The van der Waals surface area contributed by atoms with Crippen molar-refractivity contribution in [3.8, 4) is 5.75 Å². The number of amides is 2. The monoisotopic (exact) mass is 455 g/mol. The van der Waals surface area contributed by atoms with E-state index in [-0.39, 0.29) is 22.5 Å². The molecule has 2 aromatic rings. The quantitative estimate of drug-likeness (QED) is 0.353. The zero-order valence-electron chi connectivity index (χ0n) is 19.3. The third kappa shape index (κ3) is 8.67. The van der Waals surface area contributed by atoms with Gasteiger partial charge in [-0.25, -0.2) is 0 Å². The molecule has 0 aliphatic rings. The molecule has 172 valence electrons. The van der Waals surface area contributed by atoms with E-state index >= 15 is 0 Å². The maximum Gasteiger partial charge on any atom is 0.261 e. The second-order valence-corrected chi connectivity index (χ2v) is 9.00. The fourth-order valence-corrected chi connectivity index (χ4v) is 3.15. The highest BCUT2D eigenvalue weighted by atomic mass is 32.1. The molecular formula is C25H33N3O3S. The Labute approximate surface area is 196 Å². The Morgan fingerprint density at radius 3 is 2.28 bits per heavy atom. The topological polar surface area (TPSA) is 79.5 Å². The van der Waals surface area contributed by atoms with E-state index < -0.39 is 0 Å². The van der Waals surface area contributed by atoms with E-state index in [4.69, 9.17) is 17.0 Å². The molecule has 0 heterocycles. The van der Waals surface area contributed by atoms with Crippen molar-refractivity contribution in [3.05, 3.63) is 59.7 Å². The fourth-order valence-electron chi connectivity index (χ4n) is 2.94. The zero-order chi connectivity index (χ0) is 23.6. The second-order valence-electron chi connectivity index (χ2n) is 8.60. The third-order valence-electron chi connectivity index (χ3n) is 4.51. The van der Waals surface area contributed by atoms with Crippen molar-refractivity contribution < 1.29 is 14.3 Å². The van der Waals surface area contributed by atoms with E-state index in [0.29, 0.717) is 29.2 Å². The van der Waals surface area contributed by atoms with Crippen LogP contribution < -0.4 is 20.7 Å². The summed E-state index contributed by atoms with van der Waals surface area (Å²) in [7, 11) is 0. The minimum atomic E-state index is -0.340. The van der Waals surface area contributed by atoms with Gasteiger partial charge in [0.2, 0.25) is 0 Å². The number of benzene rings is 2. The smallest absolute Gasteiger partial charge is 0.261 e. The number of para-hydroxylation sites is 1. The number of anilines is 1. The van der Waals surface area contributed by atoms with Crippen LogP contribution in [-0.4, -0.2) is 29.1 Å². The minimum Gasteiger partial charge on any atom is -0.493 e. The molecule has 2 rings (SSSR count). The summed E-state index contributed by atoms with van der Waals surface area (Å²) in [4.78, 5) is 24.9. The van der Waals surface area contributed by atoms with Crippen LogP contribution in [0.2, 0.25) is 0 Å². The number of carbonyl (C=O) groups is 2. The average molecular weight is 456 g/mol. The molecule has 2 amide bonds. The molecule has 0 radical (unpaired) electrons. The van der Waals surface area contributed by atoms with Gasteiger partial charge in [0.15, 0.2) is 5.11 Å². The summed E-state index contributed by atoms with van der Waals surface area (Å²) in [5.41, 5.74) is 1.34. The second kappa shape index (κ2) is 12.2. The predicted molar refractivity (Wildman–Crippen MR) is 133 cm³/mol. The Morgan fingerprint density at radius 1 is 0.938 bits per heavy atom. The summed E-state index contributed by atoms with van der Waals surface area (Å²) in [6.45, 7) is 8.52. The van der Waals surface area contributed by atoms with Crippen molar-refractivity contribution in [2.24, 2.45) is 0 Å². The van der Waals surface area contributed by atoms with Gasteiger partial charge in [0.1, 0.15) is 5.75 Å². The maximum atomic E-state index is 12.7. The molecule has 0 spiro atoms. The van der Waals surface area contributed by atoms with Crippen molar-refractivity contribution in [3.63, 3.8) is 0 Å². The molecule has 0 saturated heterocycles. The largest absolute Gasteiger partial charge is 0.493 e. The number of ether oxygens (including phenoxy) is 1. The van der Waals surface area contributed by atoms with Crippen molar-refractivity contribution in [2.45, 2.75) is 58.9 Å². The minimum absolute atomic E-state index is 0.147. The molecule has 0 atom stereocenters. The van der Waals surface area contributed by atoms with Crippen LogP contribution >= 0.6 is 12.2 Å². The van der Waals surface area contributed by atoms with Crippen molar-refractivity contribution >= 4 is 34.8 Å². The number of nitrogens with one attached hydrogen (secondary N) is 3. The number of carbonyl (C=O) groups excluding carboxylic acids is 2. The number of hydrogen-bond donors (Lipinski definition) is 3. The third-order valence-corrected chi connectivity index (χ3v) is 4.71. The van der Waals surface area contributed by atoms with Gasteiger partial charge in [-0.15, -0.1) is 0 Å². The first-order valence-electron chi connectivity index (χ1n) is 11.0. The van der Waals surface area contributed by atoms with Gasteiger partial charge >= 0.3 is 0 Å². The molecule has 0 bridgehead atoms. The highest BCUT2D eigenvalue weighted by Crippen LogP contribution is 2.19. The number of thiocarbonyl (C=S) groups is 1. The van der Waals surface area contributed by atoms with Crippen molar-refractivity contribution in [1.29, 1.82) is 0 Å². The number of hydrogen-bond acceptors (Lipinski definition) is 4. The standard InChI is InChI=1S/C25H33N3O3S/c1-5-6-7-10-17-31-21-12-9-8-11-20(21)23(30)27-24(32)26-19-15-13-18(14-16-19)22(29)28-25(2,3)4/h8-9,11-16H,5-7,10,17H2,1-4H3,(H,28,29)(H2,26,27,30,32). The van der Waals surface area contributed by atoms with Crippen LogP contribution in [-0.2, 0) is 0 Å². The van der Waals surface area contributed by atoms with Crippen LogP contribution in [0, 0.1) is 0 Å². The van der Waals surface area contributed by atoms with Gasteiger partial charge in [0, 0.05) is 16.8 Å². The average Bonchev–Trinajstić information content (AvgIpc) is 2.73. The van der Waals surface area contributed by atoms with Crippen LogP contribution in [0.4, 0.5) is 5.69 Å². The van der Waals surface area contributed by atoms with E-state index in [1.54, 1.807) is 42.5 Å². The lowest BCUT2D eigenvalue weighted by Gasteiger charge is -2.20. The summed E-state index contributed by atoms with van der Waals surface area (Å²) < 4.78 is 5.81. The first-order valence-corrected chi connectivity index (χ1v) is 11.4. The number of rotatable bonds is 9. The lowest BCUT2D eigenvalue weighted by molar-refractivity contribution is 0.0918. The molecule has 0 aliphatic heterocycles. The summed E-state index contributed by atoms with van der Waals surface area (Å²) >= 11 is 5.28. The van der Waals surface area contributed by atoms with Gasteiger partial charge in [0.05, 0.1) is 12.2 Å². The molecule has 2 aromatic carbocycles. The van der Waals surface area contributed by atoms with Crippen LogP contribution in [0.25, 0.3) is 0 Å². The Balaban J connectivity index is 1.92. The molecular weight excluding hydrogens is 422 g/mol. The Morgan fingerprint density at radius 2 is 1.62 bits per heavy atom. The zero-order valence-corrected chi connectivity index (χ0v) is 20.1. The van der Waals surface area contributed by atoms with E-state index in [1.807, 2.05) is 26.8 Å². The van der Waals surface area contributed by atoms with Gasteiger partial charge in [-0.2, -0.15) is 0 Å². The highest BCUT2D eigenvalue weighted by molar-refractivity contribution is 7.80. The summed E-state index contributed by atoms with van der Waals surface area (Å²) in [5, 5.41) is 8.74. The van der Waals surface area contributed by atoms with Crippen molar-refractivity contribution in [2.75, 3.05) is 11.9 Å². The summed E-state index contributed by atoms with van der Waals surface area (Å²) in [6, 6.07) is 14.0. The van der Waals surface area contributed by atoms with Gasteiger partial charge in [-0.05, 0) is 75.8 Å². The molecule has 0 aromatic heterocycles. The van der Waals surface area contributed by atoms with Gasteiger partial charge < -0.3 is 15.4 Å². The highest BCUT2D eigenvalue weighted by Gasteiger charge is 2.16. The van der Waals surface area contributed by atoms with Crippen LogP contribution in [0.1, 0.15) is 74.1 Å². The summed E-state index contributed by atoms with van der Waals surface area (Å²) in [5.74, 6) is 0.0533. The maximum absolute atomic E-state index is 12.7. The van der Waals surface area contributed by atoms with Gasteiger partial charge in [-0.3, -0.25) is 14.9 Å². The molecule has 0 unspecified atom stereocenters. The first-order chi connectivity index (χ1) is 15.2. The van der Waals surface area contributed by atoms with Gasteiger partial charge in [-0.1, -0.05) is 38.3 Å². The number of unbranched alkanes of at least 4 members (excludes halogenated alkanes) is 3. The van der Waals surface area contributed by atoms with E-state index in [0.717, 1.165) is 19.3 Å². The molecule has 3 N–H and O–H groups in total. The lowest BCUT2D eigenvalue weighted by Crippen LogP contribution is -2.40. The molecule has 32 heavy (non-hydrogen) atoms. The van der Waals surface area contributed by atoms with E-state index in [9.17, 15) is 9.59 Å². The molecule has 0 saturated carbocycles. The van der Waals surface area contributed by atoms with Crippen LogP contribution in [0.5, 0.6) is 5.75 Å². The fraction of sp³-hybridized carbons (Fsp3) is 0.400. The van der Waals surface area contributed by atoms with Gasteiger partial charge in [0.25, 0.3) is 11.8 Å². The van der Waals surface area contributed by atoms with E-state index in [2.05, 4.69) is 22.9 Å². The molecule has 7 heteroatoms. The van der Waals surface area contributed by atoms with Crippen LogP contribution in [0.15, 0.2) is 48.5 Å². The van der Waals surface area contributed by atoms with Crippen LogP contribution in [0.3, 0.4) is 0 Å². The van der Waals surface area contributed by atoms with Crippen molar-refractivity contribution in [1.82, 2.24) is 10.6 Å². The van der Waals surface area contributed by atoms with E-state index in [1.165, 1.54) is 6.42 Å². The first kappa shape index (κ1) is 25.3.